The quantitative estimate of drug-likeness (QED) is 0.820. The van der Waals surface area contributed by atoms with Crippen molar-refractivity contribution >= 4 is 10.0 Å². The van der Waals surface area contributed by atoms with E-state index < -0.39 is 10.0 Å². The molecule has 5 heteroatoms. The van der Waals surface area contributed by atoms with Crippen LogP contribution >= 0.6 is 0 Å². The maximum Gasteiger partial charge on any atom is 0.263 e. The van der Waals surface area contributed by atoms with Crippen LogP contribution in [-0.2, 0) is 10.0 Å². The Labute approximate surface area is 155 Å². The predicted octanol–water partition coefficient (Wildman–Crippen LogP) is 3.94. The fourth-order valence-electron chi connectivity index (χ4n) is 4.08. The molecule has 1 fully saturated rings. The normalized spacial score (nSPS) is 27.1. The maximum absolute atomic E-state index is 13.0. The summed E-state index contributed by atoms with van der Waals surface area (Å²) in [5.41, 5.74) is 2.30. The first-order valence-electron chi connectivity index (χ1n) is 8.78. The van der Waals surface area contributed by atoms with E-state index in [0.29, 0.717) is 23.3 Å². The molecule has 0 spiro atoms. The summed E-state index contributed by atoms with van der Waals surface area (Å²) in [6.07, 6.45) is 3.80. The summed E-state index contributed by atoms with van der Waals surface area (Å²) in [5, 5.41) is 0. The van der Waals surface area contributed by atoms with Gasteiger partial charge in [0.1, 0.15) is 5.75 Å². The van der Waals surface area contributed by atoms with Gasteiger partial charge in [0.2, 0.25) is 0 Å². The number of aryl methyl sites for hydroxylation is 1. The van der Waals surface area contributed by atoms with Gasteiger partial charge in [-0.3, -0.25) is 4.31 Å². The topological polar surface area (TPSA) is 46.6 Å². The first-order chi connectivity index (χ1) is 12.4. The summed E-state index contributed by atoms with van der Waals surface area (Å²) in [6.45, 7) is 4.67. The van der Waals surface area contributed by atoms with Crippen molar-refractivity contribution in [2.45, 2.75) is 24.7 Å². The van der Waals surface area contributed by atoms with Crippen LogP contribution in [0.1, 0.15) is 24.0 Å². The number of sulfonamides is 1. The van der Waals surface area contributed by atoms with E-state index in [4.69, 9.17) is 4.74 Å². The van der Waals surface area contributed by atoms with E-state index in [-0.39, 0.29) is 5.41 Å². The molecule has 0 radical (unpaired) electrons. The van der Waals surface area contributed by atoms with Gasteiger partial charge in [0.25, 0.3) is 10.0 Å². The molecule has 0 amide bonds. The Morgan fingerprint density at radius 1 is 1.08 bits per heavy atom. The summed E-state index contributed by atoms with van der Waals surface area (Å²) < 4.78 is 32.6. The lowest BCUT2D eigenvalue weighted by molar-refractivity contribution is 0.414. The Morgan fingerprint density at radius 3 is 2.35 bits per heavy atom. The summed E-state index contributed by atoms with van der Waals surface area (Å²) in [5.74, 6) is 1.46. The van der Waals surface area contributed by atoms with Crippen LogP contribution in [0.25, 0.3) is 0 Å². The number of ether oxygens (including phenoxy) is 1. The molecule has 2 aromatic rings. The SMILES string of the molecule is COc1ccc(C2C3CN(S(=O)(=O)c4ccc(C)cc4)C=CC32C)cc1. The fourth-order valence-corrected chi connectivity index (χ4v) is 5.41. The maximum atomic E-state index is 13.0. The van der Waals surface area contributed by atoms with Gasteiger partial charge in [-0.05, 0) is 54.0 Å². The number of hydrogen-bond donors (Lipinski definition) is 0. The Bertz CT molecular complexity index is 948. The molecular formula is C21H23NO3S. The molecule has 0 aromatic heterocycles. The van der Waals surface area contributed by atoms with Crippen LogP contribution in [0.15, 0.2) is 65.7 Å². The summed E-state index contributed by atoms with van der Waals surface area (Å²) in [4.78, 5) is 0.345. The van der Waals surface area contributed by atoms with Gasteiger partial charge >= 0.3 is 0 Å². The summed E-state index contributed by atoms with van der Waals surface area (Å²) in [7, 11) is -1.85. The number of nitrogens with zero attached hydrogens (tertiary/aromatic N) is 1. The van der Waals surface area contributed by atoms with E-state index in [0.717, 1.165) is 11.3 Å². The van der Waals surface area contributed by atoms with E-state index in [2.05, 4.69) is 25.1 Å². The van der Waals surface area contributed by atoms with Gasteiger partial charge < -0.3 is 4.74 Å². The van der Waals surface area contributed by atoms with Gasteiger partial charge in [-0.25, -0.2) is 8.42 Å². The van der Waals surface area contributed by atoms with E-state index >= 15 is 0 Å². The zero-order chi connectivity index (χ0) is 18.5. The molecule has 1 heterocycles. The smallest absolute Gasteiger partial charge is 0.263 e. The number of hydrogen-bond acceptors (Lipinski definition) is 3. The van der Waals surface area contributed by atoms with Crippen molar-refractivity contribution in [2.24, 2.45) is 11.3 Å². The van der Waals surface area contributed by atoms with Crippen LogP contribution < -0.4 is 4.74 Å². The highest BCUT2D eigenvalue weighted by Gasteiger charge is 2.62. The van der Waals surface area contributed by atoms with Crippen LogP contribution in [0, 0.1) is 18.3 Å². The third-order valence-electron chi connectivity index (χ3n) is 5.84. The standard InChI is InChI=1S/C21H23NO3S/c1-15-4-10-18(11-5-15)26(23,24)22-13-12-21(2)19(14-22)20(21)16-6-8-17(25-3)9-7-16/h4-13,19-20H,14H2,1-3H3. The number of fused-ring (bicyclic) bond motifs is 1. The zero-order valence-corrected chi connectivity index (χ0v) is 16.0. The molecule has 0 N–H and O–H groups in total. The molecule has 2 aromatic carbocycles. The molecule has 4 nitrogen and oxygen atoms in total. The van der Waals surface area contributed by atoms with Gasteiger partial charge in [0.05, 0.1) is 12.0 Å². The number of rotatable bonds is 4. The lowest BCUT2D eigenvalue weighted by Gasteiger charge is -2.25. The monoisotopic (exact) mass is 369 g/mol. The van der Waals surface area contributed by atoms with Crippen molar-refractivity contribution in [1.29, 1.82) is 0 Å². The van der Waals surface area contributed by atoms with E-state index in [1.165, 1.54) is 9.87 Å². The lowest BCUT2D eigenvalue weighted by atomic mass is 10.0. The molecule has 3 atom stereocenters. The first-order valence-corrected chi connectivity index (χ1v) is 10.2. The van der Waals surface area contributed by atoms with Gasteiger partial charge in [0.15, 0.2) is 0 Å². The molecular weight excluding hydrogens is 346 g/mol. The molecule has 1 aliphatic heterocycles. The first kappa shape index (κ1) is 17.2. The predicted molar refractivity (Wildman–Crippen MR) is 102 cm³/mol. The van der Waals surface area contributed by atoms with Crippen LogP contribution in [0.5, 0.6) is 5.75 Å². The lowest BCUT2D eigenvalue weighted by Crippen LogP contribution is -2.31. The van der Waals surface area contributed by atoms with Crippen molar-refractivity contribution in [1.82, 2.24) is 4.31 Å². The van der Waals surface area contributed by atoms with Gasteiger partial charge in [-0.2, -0.15) is 0 Å². The molecule has 1 aliphatic carbocycles. The van der Waals surface area contributed by atoms with Gasteiger partial charge in [-0.1, -0.05) is 42.8 Å². The van der Waals surface area contributed by atoms with Crippen LogP contribution in [0.2, 0.25) is 0 Å². The summed E-state index contributed by atoms with van der Waals surface area (Å²) in [6, 6.07) is 15.1. The van der Waals surface area contributed by atoms with Crippen LogP contribution in [0.3, 0.4) is 0 Å². The Balaban J connectivity index is 1.58. The van der Waals surface area contributed by atoms with Crippen molar-refractivity contribution in [3.05, 3.63) is 71.9 Å². The Hall–Kier alpha value is -2.27. The van der Waals surface area contributed by atoms with Crippen molar-refractivity contribution in [3.8, 4) is 5.75 Å². The molecule has 0 bridgehead atoms. The molecule has 1 saturated carbocycles. The average molecular weight is 369 g/mol. The zero-order valence-electron chi connectivity index (χ0n) is 15.2. The molecule has 3 unspecified atom stereocenters. The molecule has 2 aliphatic rings. The van der Waals surface area contributed by atoms with E-state index in [1.807, 2.05) is 31.2 Å². The van der Waals surface area contributed by atoms with Crippen molar-refractivity contribution in [2.75, 3.05) is 13.7 Å². The van der Waals surface area contributed by atoms with Crippen molar-refractivity contribution in [3.63, 3.8) is 0 Å². The molecule has 26 heavy (non-hydrogen) atoms. The van der Waals surface area contributed by atoms with E-state index in [9.17, 15) is 8.42 Å². The third kappa shape index (κ3) is 2.62. The van der Waals surface area contributed by atoms with Gasteiger partial charge in [-0.15, -0.1) is 0 Å². The molecule has 0 saturated heterocycles. The molecule has 136 valence electrons. The second-order valence-electron chi connectivity index (χ2n) is 7.43. The summed E-state index contributed by atoms with van der Waals surface area (Å²) >= 11 is 0. The molecule has 4 rings (SSSR count). The minimum atomic E-state index is -3.50. The largest absolute Gasteiger partial charge is 0.497 e. The number of allylic oxidation sites excluding steroid dienone is 1. The van der Waals surface area contributed by atoms with Crippen LogP contribution in [0.4, 0.5) is 0 Å². The van der Waals surface area contributed by atoms with Gasteiger partial charge in [0, 0.05) is 12.7 Å². The highest BCUT2D eigenvalue weighted by Crippen LogP contribution is 2.67. The van der Waals surface area contributed by atoms with Crippen LogP contribution in [-0.4, -0.2) is 26.4 Å². The van der Waals surface area contributed by atoms with Crippen molar-refractivity contribution < 1.29 is 13.2 Å². The highest BCUT2D eigenvalue weighted by molar-refractivity contribution is 7.89. The minimum Gasteiger partial charge on any atom is -0.497 e. The minimum absolute atomic E-state index is 0.0217. The number of methoxy groups -OCH3 is 1. The van der Waals surface area contributed by atoms with E-state index in [1.54, 1.807) is 25.4 Å². The third-order valence-corrected chi connectivity index (χ3v) is 7.60. The fraction of sp³-hybridized carbons (Fsp3) is 0.333. The second kappa shape index (κ2) is 5.88. The number of benzene rings is 2. The Morgan fingerprint density at radius 2 is 1.73 bits per heavy atom. The average Bonchev–Trinajstić information content (AvgIpc) is 3.26. The highest BCUT2D eigenvalue weighted by atomic mass is 32.2. The Kier molecular flexibility index (Phi) is 3.88. The second-order valence-corrected chi connectivity index (χ2v) is 9.32.